The molecule has 2 N–H and O–H groups in total. The maximum Gasteiger partial charge on any atom is 0.192 e. The highest BCUT2D eigenvalue weighted by molar-refractivity contribution is 7.11. The number of aliphatic imine (C=N–C) groups is 1. The van der Waals surface area contributed by atoms with Gasteiger partial charge in [-0.15, -0.1) is 21.5 Å². The number of nitrogens with one attached hydrogen (secondary N) is 2. The van der Waals surface area contributed by atoms with E-state index in [4.69, 9.17) is 0 Å². The van der Waals surface area contributed by atoms with Crippen LogP contribution in [-0.4, -0.2) is 31.7 Å². The SMILES string of the molecule is Cc1nc(CNC(=NCc2nnc(C)n2C)NC2CC2)sc1C. The summed E-state index contributed by atoms with van der Waals surface area (Å²) in [5.74, 6) is 2.58. The van der Waals surface area contributed by atoms with Gasteiger partial charge in [-0.2, -0.15) is 0 Å². The Labute approximate surface area is 140 Å². The van der Waals surface area contributed by atoms with Crippen LogP contribution in [0.5, 0.6) is 0 Å². The largest absolute Gasteiger partial charge is 0.354 e. The van der Waals surface area contributed by atoms with E-state index in [1.807, 2.05) is 25.5 Å². The van der Waals surface area contributed by atoms with Gasteiger partial charge in [0.05, 0.1) is 12.2 Å². The van der Waals surface area contributed by atoms with Crippen LogP contribution in [0.1, 0.15) is 40.1 Å². The molecule has 1 saturated carbocycles. The molecular weight excluding hydrogens is 310 g/mol. The molecule has 0 aromatic carbocycles. The molecule has 0 aliphatic heterocycles. The molecule has 124 valence electrons. The highest BCUT2D eigenvalue weighted by atomic mass is 32.1. The zero-order valence-electron chi connectivity index (χ0n) is 14.1. The lowest BCUT2D eigenvalue weighted by molar-refractivity contribution is 0.748. The smallest absolute Gasteiger partial charge is 0.192 e. The molecule has 3 rings (SSSR count). The van der Waals surface area contributed by atoms with Crippen LogP contribution < -0.4 is 10.6 Å². The molecular formula is C15H23N7S. The molecule has 2 heterocycles. The molecule has 1 aliphatic rings. The van der Waals surface area contributed by atoms with Crippen molar-refractivity contribution in [2.45, 2.75) is 52.7 Å². The van der Waals surface area contributed by atoms with E-state index in [-0.39, 0.29) is 0 Å². The van der Waals surface area contributed by atoms with Gasteiger partial charge in [0.25, 0.3) is 0 Å². The predicted molar refractivity (Wildman–Crippen MR) is 91.5 cm³/mol. The second-order valence-corrected chi connectivity index (χ2v) is 7.20. The van der Waals surface area contributed by atoms with Crippen LogP contribution in [-0.2, 0) is 20.1 Å². The van der Waals surface area contributed by atoms with Gasteiger partial charge in [0.15, 0.2) is 11.8 Å². The zero-order valence-corrected chi connectivity index (χ0v) is 14.9. The molecule has 0 unspecified atom stereocenters. The summed E-state index contributed by atoms with van der Waals surface area (Å²) >= 11 is 1.73. The standard InChI is InChI=1S/C15H23N7S/c1-9-10(2)23-14(18-9)8-17-15(19-12-5-6-12)16-7-13-21-20-11(3)22(13)4/h12H,5-8H2,1-4H3,(H2,16,17,19). The molecule has 23 heavy (non-hydrogen) atoms. The zero-order chi connectivity index (χ0) is 16.4. The number of guanidine groups is 1. The maximum absolute atomic E-state index is 4.64. The van der Waals surface area contributed by atoms with Crippen molar-refractivity contribution in [3.8, 4) is 0 Å². The van der Waals surface area contributed by atoms with Crippen LogP contribution in [0.25, 0.3) is 0 Å². The summed E-state index contributed by atoms with van der Waals surface area (Å²) in [6.07, 6.45) is 2.42. The minimum Gasteiger partial charge on any atom is -0.354 e. The number of thiazole rings is 1. The molecule has 7 nitrogen and oxygen atoms in total. The van der Waals surface area contributed by atoms with E-state index in [9.17, 15) is 0 Å². The Bertz CT molecular complexity index is 692. The van der Waals surface area contributed by atoms with Crippen LogP contribution in [0.15, 0.2) is 4.99 Å². The first-order valence-electron chi connectivity index (χ1n) is 7.85. The average Bonchev–Trinajstić information content (AvgIpc) is 3.21. The number of hydrogen-bond acceptors (Lipinski definition) is 5. The van der Waals surface area contributed by atoms with Crippen LogP contribution in [0.3, 0.4) is 0 Å². The van der Waals surface area contributed by atoms with Crippen molar-refractivity contribution < 1.29 is 0 Å². The molecule has 8 heteroatoms. The second kappa shape index (κ2) is 6.66. The van der Waals surface area contributed by atoms with Gasteiger partial charge >= 0.3 is 0 Å². The van der Waals surface area contributed by atoms with Crippen molar-refractivity contribution in [1.82, 2.24) is 30.4 Å². The molecule has 1 aliphatic carbocycles. The lowest BCUT2D eigenvalue weighted by atomic mass is 10.4. The number of aryl methyl sites for hydroxylation is 3. The molecule has 0 spiro atoms. The summed E-state index contributed by atoms with van der Waals surface area (Å²) in [6.45, 7) is 7.29. The fraction of sp³-hybridized carbons (Fsp3) is 0.600. The highest BCUT2D eigenvalue weighted by Gasteiger charge is 2.22. The highest BCUT2D eigenvalue weighted by Crippen LogP contribution is 2.19. The van der Waals surface area contributed by atoms with Gasteiger partial charge in [-0.25, -0.2) is 9.98 Å². The average molecular weight is 333 g/mol. The lowest BCUT2D eigenvalue weighted by Crippen LogP contribution is -2.38. The van der Waals surface area contributed by atoms with E-state index in [0.29, 0.717) is 19.1 Å². The Kier molecular flexibility index (Phi) is 4.61. The molecule has 0 amide bonds. The van der Waals surface area contributed by atoms with Crippen LogP contribution >= 0.6 is 11.3 Å². The summed E-state index contributed by atoms with van der Waals surface area (Å²) in [6, 6.07) is 0.544. The first-order chi connectivity index (χ1) is 11.0. The Hall–Kier alpha value is -1.96. The summed E-state index contributed by atoms with van der Waals surface area (Å²) in [4.78, 5) is 10.5. The number of nitrogens with zero attached hydrogens (tertiary/aromatic N) is 5. The van der Waals surface area contributed by atoms with E-state index in [2.05, 4.69) is 37.7 Å². The van der Waals surface area contributed by atoms with E-state index < -0.39 is 0 Å². The van der Waals surface area contributed by atoms with Crippen molar-refractivity contribution in [3.05, 3.63) is 27.2 Å². The summed E-state index contributed by atoms with van der Waals surface area (Å²) < 4.78 is 1.96. The molecule has 0 saturated heterocycles. The summed E-state index contributed by atoms with van der Waals surface area (Å²) in [5.41, 5.74) is 1.11. The Morgan fingerprint density at radius 1 is 1.30 bits per heavy atom. The maximum atomic E-state index is 4.64. The molecule has 0 bridgehead atoms. The fourth-order valence-corrected chi connectivity index (χ4v) is 2.96. The van der Waals surface area contributed by atoms with Gasteiger partial charge in [-0.05, 0) is 33.6 Å². The summed E-state index contributed by atoms with van der Waals surface area (Å²) in [5, 5.41) is 16.1. The van der Waals surface area contributed by atoms with Crippen molar-refractivity contribution in [2.24, 2.45) is 12.0 Å². The quantitative estimate of drug-likeness (QED) is 0.642. The number of hydrogen-bond donors (Lipinski definition) is 2. The predicted octanol–water partition coefficient (Wildman–Crippen LogP) is 1.59. The molecule has 0 atom stereocenters. The van der Waals surface area contributed by atoms with Crippen LogP contribution in [0.2, 0.25) is 0 Å². The van der Waals surface area contributed by atoms with Gasteiger partial charge in [-0.1, -0.05) is 0 Å². The normalized spacial score (nSPS) is 15.0. The topological polar surface area (TPSA) is 80.0 Å². The van der Waals surface area contributed by atoms with E-state index >= 15 is 0 Å². The Morgan fingerprint density at radius 2 is 2.09 bits per heavy atom. The van der Waals surface area contributed by atoms with Crippen molar-refractivity contribution in [1.29, 1.82) is 0 Å². The summed E-state index contributed by atoms with van der Waals surface area (Å²) in [7, 11) is 1.96. The number of rotatable bonds is 5. The van der Waals surface area contributed by atoms with Crippen LogP contribution in [0, 0.1) is 20.8 Å². The van der Waals surface area contributed by atoms with Gasteiger partial charge in [0.1, 0.15) is 17.4 Å². The Balaban J connectivity index is 1.64. The van der Waals surface area contributed by atoms with Crippen molar-refractivity contribution in [2.75, 3.05) is 0 Å². The van der Waals surface area contributed by atoms with Gasteiger partial charge in [-0.3, -0.25) is 0 Å². The van der Waals surface area contributed by atoms with E-state index in [0.717, 1.165) is 28.3 Å². The third-order valence-corrected chi connectivity index (χ3v) is 5.03. The first kappa shape index (κ1) is 15.9. The molecule has 2 aromatic heterocycles. The molecule has 0 radical (unpaired) electrons. The molecule has 1 fully saturated rings. The lowest BCUT2D eigenvalue weighted by Gasteiger charge is -2.10. The third kappa shape index (κ3) is 4.07. The minimum absolute atomic E-state index is 0.509. The second-order valence-electron chi connectivity index (χ2n) is 5.91. The van der Waals surface area contributed by atoms with Crippen LogP contribution in [0.4, 0.5) is 0 Å². The Morgan fingerprint density at radius 3 is 2.65 bits per heavy atom. The van der Waals surface area contributed by atoms with E-state index in [1.165, 1.54) is 17.7 Å². The first-order valence-corrected chi connectivity index (χ1v) is 8.67. The van der Waals surface area contributed by atoms with Gasteiger partial charge in [0, 0.05) is 18.0 Å². The van der Waals surface area contributed by atoms with Gasteiger partial charge in [0.2, 0.25) is 0 Å². The molecule has 2 aromatic rings. The monoisotopic (exact) mass is 333 g/mol. The van der Waals surface area contributed by atoms with E-state index in [1.54, 1.807) is 11.3 Å². The van der Waals surface area contributed by atoms with Crippen molar-refractivity contribution >= 4 is 17.3 Å². The fourth-order valence-electron chi connectivity index (χ4n) is 2.09. The van der Waals surface area contributed by atoms with Crippen molar-refractivity contribution in [3.63, 3.8) is 0 Å². The minimum atomic E-state index is 0.509. The number of aromatic nitrogens is 4. The third-order valence-electron chi connectivity index (χ3n) is 3.96. The van der Waals surface area contributed by atoms with Gasteiger partial charge < -0.3 is 15.2 Å².